The van der Waals surface area contributed by atoms with Crippen molar-refractivity contribution in [3.05, 3.63) is 58.8 Å². The predicted octanol–water partition coefficient (Wildman–Crippen LogP) is 2.57. The first-order valence-corrected chi connectivity index (χ1v) is 7.70. The Bertz CT molecular complexity index is 1010. The summed E-state index contributed by atoms with van der Waals surface area (Å²) in [4.78, 5) is 12.3. The lowest BCUT2D eigenvalue weighted by atomic mass is 10.3. The molecular formula is C16H12ClFN6O2. The fourth-order valence-corrected chi connectivity index (χ4v) is 2.27. The lowest BCUT2D eigenvalue weighted by Crippen LogP contribution is -2.17. The number of anilines is 1. The SMILES string of the molecule is Cn1ncc(C#N)c1NC(=O)c1ccn(COc2ccc(F)c(Cl)c2)n1. The fourth-order valence-electron chi connectivity index (χ4n) is 2.10. The van der Waals surface area contributed by atoms with Crippen molar-refractivity contribution in [2.45, 2.75) is 6.73 Å². The van der Waals surface area contributed by atoms with E-state index in [1.807, 2.05) is 6.07 Å². The Balaban J connectivity index is 1.65. The smallest absolute Gasteiger partial charge is 0.277 e. The largest absolute Gasteiger partial charge is 0.471 e. The first kappa shape index (κ1) is 17.4. The maximum Gasteiger partial charge on any atom is 0.277 e. The molecule has 0 fully saturated rings. The van der Waals surface area contributed by atoms with Gasteiger partial charge >= 0.3 is 0 Å². The Morgan fingerprint density at radius 1 is 1.46 bits per heavy atom. The summed E-state index contributed by atoms with van der Waals surface area (Å²) in [5.74, 6) is -0.381. The number of halogens is 2. The number of hydrogen-bond donors (Lipinski definition) is 1. The normalized spacial score (nSPS) is 10.4. The number of hydrogen-bond acceptors (Lipinski definition) is 5. The van der Waals surface area contributed by atoms with Crippen molar-refractivity contribution in [3.8, 4) is 11.8 Å². The number of benzene rings is 1. The molecular weight excluding hydrogens is 363 g/mol. The second-order valence-corrected chi connectivity index (χ2v) is 5.59. The van der Waals surface area contributed by atoms with Gasteiger partial charge in [0.05, 0.1) is 11.2 Å². The third kappa shape index (κ3) is 3.65. The summed E-state index contributed by atoms with van der Waals surface area (Å²) in [5.41, 5.74) is 0.382. The Morgan fingerprint density at radius 3 is 3.00 bits per heavy atom. The number of nitriles is 1. The molecule has 3 rings (SSSR count). The summed E-state index contributed by atoms with van der Waals surface area (Å²) in [5, 5.41) is 19.6. The van der Waals surface area contributed by atoms with Crippen LogP contribution in [0.1, 0.15) is 16.1 Å². The van der Waals surface area contributed by atoms with Crippen LogP contribution in [0.2, 0.25) is 5.02 Å². The molecule has 0 saturated heterocycles. The van der Waals surface area contributed by atoms with E-state index in [2.05, 4.69) is 15.5 Å². The van der Waals surface area contributed by atoms with E-state index in [-0.39, 0.29) is 28.8 Å². The van der Waals surface area contributed by atoms with Crippen molar-refractivity contribution in [2.24, 2.45) is 7.05 Å². The highest BCUT2D eigenvalue weighted by Crippen LogP contribution is 2.21. The molecule has 1 aromatic carbocycles. The quantitative estimate of drug-likeness (QED) is 0.740. The van der Waals surface area contributed by atoms with Gasteiger partial charge in [-0.25, -0.2) is 9.07 Å². The van der Waals surface area contributed by atoms with Crippen LogP contribution in [-0.2, 0) is 13.8 Å². The van der Waals surface area contributed by atoms with Crippen LogP contribution in [0, 0.1) is 17.1 Å². The van der Waals surface area contributed by atoms with Crippen molar-refractivity contribution in [3.63, 3.8) is 0 Å². The van der Waals surface area contributed by atoms with E-state index in [0.717, 1.165) is 0 Å². The molecule has 0 saturated carbocycles. The third-order valence-corrected chi connectivity index (χ3v) is 3.71. The molecule has 2 heterocycles. The minimum absolute atomic E-state index is 0.00436. The van der Waals surface area contributed by atoms with Gasteiger partial charge in [0.15, 0.2) is 12.4 Å². The van der Waals surface area contributed by atoms with Crippen LogP contribution < -0.4 is 10.1 Å². The Hall–Kier alpha value is -3.38. The number of carbonyl (C=O) groups is 1. The van der Waals surface area contributed by atoms with Crippen LogP contribution in [0.3, 0.4) is 0 Å². The van der Waals surface area contributed by atoms with Crippen LogP contribution >= 0.6 is 11.6 Å². The summed E-state index contributed by atoms with van der Waals surface area (Å²) >= 11 is 5.69. The summed E-state index contributed by atoms with van der Waals surface area (Å²) in [6.07, 6.45) is 2.91. The van der Waals surface area contributed by atoms with E-state index in [0.29, 0.717) is 5.75 Å². The van der Waals surface area contributed by atoms with E-state index in [1.54, 1.807) is 13.2 Å². The van der Waals surface area contributed by atoms with Crippen molar-refractivity contribution in [1.29, 1.82) is 5.26 Å². The molecule has 0 unspecified atom stereocenters. The fraction of sp³-hybridized carbons (Fsp3) is 0.125. The predicted molar refractivity (Wildman–Crippen MR) is 90.1 cm³/mol. The number of amides is 1. The Labute approximate surface area is 152 Å². The molecule has 0 aliphatic heterocycles. The molecule has 0 radical (unpaired) electrons. The van der Waals surface area contributed by atoms with Crippen LogP contribution in [-0.4, -0.2) is 25.5 Å². The standard InChI is InChI=1S/C16H12ClFN6O2/c1-23-15(10(7-19)8-20-23)21-16(25)14-4-5-24(22-14)9-26-11-2-3-13(18)12(17)6-11/h2-6,8H,9H2,1H3,(H,21,25). The summed E-state index contributed by atoms with van der Waals surface area (Å²) < 4.78 is 21.3. The molecule has 26 heavy (non-hydrogen) atoms. The first-order chi connectivity index (χ1) is 12.5. The van der Waals surface area contributed by atoms with Gasteiger partial charge in [0.2, 0.25) is 0 Å². The third-order valence-electron chi connectivity index (χ3n) is 3.42. The van der Waals surface area contributed by atoms with Gasteiger partial charge in [0, 0.05) is 19.3 Å². The molecule has 0 spiro atoms. The molecule has 0 bridgehead atoms. The minimum atomic E-state index is -0.538. The highest BCUT2D eigenvalue weighted by molar-refractivity contribution is 6.30. The second-order valence-electron chi connectivity index (χ2n) is 5.19. The average molecular weight is 375 g/mol. The maximum absolute atomic E-state index is 13.1. The lowest BCUT2D eigenvalue weighted by molar-refractivity contribution is 0.101. The summed E-state index contributed by atoms with van der Waals surface area (Å²) in [6.45, 7) is 0.00436. The summed E-state index contributed by atoms with van der Waals surface area (Å²) in [6, 6.07) is 7.42. The molecule has 8 nitrogen and oxygen atoms in total. The zero-order valence-electron chi connectivity index (χ0n) is 13.5. The number of nitrogens with one attached hydrogen (secondary N) is 1. The molecule has 3 aromatic rings. The second kappa shape index (κ2) is 7.25. The van der Waals surface area contributed by atoms with Crippen molar-refractivity contribution in [2.75, 3.05) is 5.32 Å². The topological polar surface area (TPSA) is 97.8 Å². The van der Waals surface area contributed by atoms with Crippen LogP contribution in [0.25, 0.3) is 0 Å². The zero-order valence-corrected chi connectivity index (χ0v) is 14.2. The number of rotatable bonds is 5. The number of ether oxygens (including phenoxy) is 1. The monoisotopic (exact) mass is 374 g/mol. The van der Waals surface area contributed by atoms with Crippen molar-refractivity contribution in [1.82, 2.24) is 19.6 Å². The molecule has 0 aliphatic rings. The molecule has 1 amide bonds. The van der Waals surface area contributed by atoms with Gasteiger partial charge in [-0.15, -0.1) is 0 Å². The maximum atomic E-state index is 13.1. The Morgan fingerprint density at radius 2 is 2.27 bits per heavy atom. The molecule has 0 aliphatic carbocycles. The van der Waals surface area contributed by atoms with Gasteiger partial charge < -0.3 is 10.1 Å². The van der Waals surface area contributed by atoms with E-state index in [9.17, 15) is 9.18 Å². The van der Waals surface area contributed by atoms with Gasteiger partial charge in [-0.05, 0) is 18.2 Å². The van der Waals surface area contributed by atoms with E-state index in [4.69, 9.17) is 21.6 Å². The average Bonchev–Trinajstić information content (AvgIpc) is 3.23. The minimum Gasteiger partial charge on any atom is -0.471 e. The first-order valence-electron chi connectivity index (χ1n) is 7.32. The van der Waals surface area contributed by atoms with Gasteiger partial charge in [-0.3, -0.25) is 9.48 Å². The highest BCUT2D eigenvalue weighted by Gasteiger charge is 2.15. The highest BCUT2D eigenvalue weighted by atomic mass is 35.5. The van der Waals surface area contributed by atoms with Crippen LogP contribution in [0.4, 0.5) is 10.2 Å². The number of aromatic nitrogens is 4. The number of aryl methyl sites for hydroxylation is 1. The zero-order chi connectivity index (χ0) is 18.7. The summed E-state index contributed by atoms with van der Waals surface area (Å²) in [7, 11) is 1.61. The molecule has 1 N–H and O–H groups in total. The Kier molecular flexibility index (Phi) is 4.86. The van der Waals surface area contributed by atoms with E-state index in [1.165, 1.54) is 39.8 Å². The van der Waals surface area contributed by atoms with Gasteiger partial charge in [-0.2, -0.15) is 15.5 Å². The lowest BCUT2D eigenvalue weighted by Gasteiger charge is -2.07. The van der Waals surface area contributed by atoms with Gasteiger partial charge in [0.25, 0.3) is 5.91 Å². The van der Waals surface area contributed by atoms with Crippen molar-refractivity contribution < 1.29 is 13.9 Å². The molecule has 0 atom stereocenters. The number of nitrogens with zero attached hydrogens (tertiary/aromatic N) is 5. The number of carbonyl (C=O) groups excluding carboxylic acids is 1. The molecule has 132 valence electrons. The van der Waals surface area contributed by atoms with E-state index >= 15 is 0 Å². The van der Waals surface area contributed by atoms with Gasteiger partial charge in [-0.1, -0.05) is 11.6 Å². The van der Waals surface area contributed by atoms with E-state index < -0.39 is 11.7 Å². The molecule has 2 aromatic heterocycles. The van der Waals surface area contributed by atoms with Crippen LogP contribution in [0.5, 0.6) is 5.75 Å². The molecule has 10 heteroatoms. The van der Waals surface area contributed by atoms with Crippen LogP contribution in [0.15, 0.2) is 36.7 Å². The van der Waals surface area contributed by atoms with Crippen molar-refractivity contribution >= 4 is 23.3 Å². The van der Waals surface area contributed by atoms with Gasteiger partial charge in [0.1, 0.15) is 29.0 Å².